The zero-order chi connectivity index (χ0) is 26.2. The van der Waals surface area contributed by atoms with E-state index in [1.54, 1.807) is 24.3 Å². The fourth-order valence-corrected chi connectivity index (χ4v) is 3.65. The van der Waals surface area contributed by atoms with E-state index in [1.807, 2.05) is 61.5 Å². The minimum absolute atomic E-state index is 0.179. The van der Waals surface area contributed by atoms with Crippen LogP contribution in [0.1, 0.15) is 21.5 Å². The van der Waals surface area contributed by atoms with Crippen molar-refractivity contribution in [3.05, 3.63) is 95.6 Å². The van der Waals surface area contributed by atoms with Crippen molar-refractivity contribution in [2.45, 2.75) is 6.92 Å². The third kappa shape index (κ3) is 6.43. The summed E-state index contributed by atoms with van der Waals surface area (Å²) in [6, 6.07) is 23.9. The molecule has 8 nitrogen and oxygen atoms in total. The largest absolute Gasteiger partial charge is 0.496 e. The van der Waals surface area contributed by atoms with Crippen LogP contribution in [-0.4, -0.2) is 38.9 Å². The number of hydrogen-bond donors (Lipinski definition) is 2. The molecule has 0 bridgehead atoms. The Morgan fingerprint density at radius 2 is 1.54 bits per heavy atom. The Morgan fingerprint density at radius 1 is 0.838 bits per heavy atom. The van der Waals surface area contributed by atoms with Crippen LogP contribution in [0.5, 0.6) is 17.2 Å². The molecule has 4 rings (SSSR count). The second-order valence-corrected chi connectivity index (χ2v) is 8.21. The summed E-state index contributed by atoms with van der Waals surface area (Å²) in [5, 5.41) is 8.74. The first-order chi connectivity index (χ1) is 18.0. The standard InChI is InChI=1S/C29H27N3O5/c1-19-8-11-23(12-9-19)31-28(33)18-37-25-13-10-20(14-27(25)36-3)17-30-32-29(34)24-15-21-6-4-5-7-22(21)16-26(24)35-2/h4-17H,18H2,1-3H3,(H,31,33)(H,32,34). The van der Waals surface area contributed by atoms with Crippen LogP contribution in [0.15, 0.2) is 84.0 Å². The monoisotopic (exact) mass is 497 g/mol. The van der Waals surface area contributed by atoms with Gasteiger partial charge in [-0.25, -0.2) is 5.43 Å². The number of rotatable bonds is 9. The lowest BCUT2D eigenvalue weighted by atomic mass is 10.1. The van der Waals surface area contributed by atoms with Crippen LogP contribution in [0.3, 0.4) is 0 Å². The van der Waals surface area contributed by atoms with E-state index in [4.69, 9.17) is 14.2 Å². The van der Waals surface area contributed by atoms with Crippen molar-refractivity contribution in [2.24, 2.45) is 5.10 Å². The molecule has 0 atom stereocenters. The molecule has 0 heterocycles. The van der Waals surface area contributed by atoms with Crippen molar-refractivity contribution in [1.29, 1.82) is 0 Å². The molecule has 0 saturated heterocycles. The molecule has 8 heteroatoms. The summed E-state index contributed by atoms with van der Waals surface area (Å²) in [4.78, 5) is 25.0. The van der Waals surface area contributed by atoms with Crippen LogP contribution in [0.4, 0.5) is 5.69 Å². The lowest BCUT2D eigenvalue weighted by molar-refractivity contribution is -0.118. The van der Waals surface area contributed by atoms with Crippen LogP contribution in [0, 0.1) is 6.92 Å². The summed E-state index contributed by atoms with van der Waals surface area (Å²) in [6.07, 6.45) is 1.49. The van der Waals surface area contributed by atoms with Crippen molar-refractivity contribution in [1.82, 2.24) is 5.43 Å². The lowest BCUT2D eigenvalue weighted by Gasteiger charge is -2.11. The fraction of sp³-hybridized carbons (Fsp3) is 0.138. The molecule has 4 aromatic rings. The van der Waals surface area contributed by atoms with E-state index in [1.165, 1.54) is 20.4 Å². The Morgan fingerprint density at radius 3 is 2.24 bits per heavy atom. The van der Waals surface area contributed by atoms with Gasteiger partial charge in [-0.15, -0.1) is 0 Å². The van der Waals surface area contributed by atoms with Gasteiger partial charge in [0.15, 0.2) is 18.1 Å². The topological polar surface area (TPSA) is 98.2 Å². The molecule has 4 aromatic carbocycles. The highest BCUT2D eigenvalue weighted by Crippen LogP contribution is 2.28. The summed E-state index contributed by atoms with van der Waals surface area (Å²) in [6.45, 7) is 1.80. The molecule has 0 aromatic heterocycles. The number of nitrogens with zero attached hydrogens (tertiary/aromatic N) is 1. The van der Waals surface area contributed by atoms with Crippen LogP contribution < -0.4 is 25.0 Å². The Kier molecular flexibility index (Phi) is 8.00. The fourth-order valence-electron chi connectivity index (χ4n) is 3.65. The number of aryl methyl sites for hydroxylation is 1. The van der Waals surface area contributed by atoms with Crippen molar-refractivity contribution < 1.29 is 23.8 Å². The van der Waals surface area contributed by atoms with E-state index in [0.29, 0.717) is 34.1 Å². The molecule has 0 fully saturated rings. The highest BCUT2D eigenvalue weighted by Gasteiger charge is 2.13. The zero-order valence-electron chi connectivity index (χ0n) is 20.8. The predicted octanol–water partition coefficient (Wildman–Crippen LogP) is 4.95. The average Bonchev–Trinajstić information content (AvgIpc) is 2.92. The van der Waals surface area contributed by atoms with E-state index in [9.17, 15) is 9.59 Å². The van der Waals surface area contributed by atoms with Gasteiger partial charge in [-0.2, -0.15) is 5.10 Å². The smallest absolute Gasteiger partial charge is 0.275 e. The molecule has 37 heavy (non-hydrogen) atoms. The number of fused-ring (bicyclic) bond motifs is 1. The van der Waals surface area contributed by atoms with Crippen molar-refractivity contribution in [3.8, 4) is 17.2 Å². The minimum atomic E-state index is -0.398. The van der Waals surface area contributed by atoms with E-state index < -0.39 is 5.91 Å². The van der Waals surface area contributed by atoms with Crippen molar-refractivity contribution in [3.63, 3.8) is 0 Å². The van der Waals surface area contributed by atoms with Gasteiger partial charge in [0.2, 0.25) is 0 Å². The summed E-state index contributed by atoms with van der Waals surface area (Å²) < 4.78 is 16.4. The minimum Gasteiger partial charge on any atom is -0.496 e. The van der Waals surface area contributed by atoms with Gasteiger partial charge in [-0.05, 0) is 65.7 Å². The number of carbonyl (C=O) groups excluding carboxylic acids is 2. The van der Waals surface area contributed by atoms with Gasteiger partial charge >= 0.3 is 0 Å². The normalized spacial score (nSPS) is 10.8. The molecule has 0 radical (unpaired) electrons. The van der Waals surface area contributed by atoms with E-state index in [0.717, 1.165) is 16.3 Å². The first kappa shape index (κ1) is 25.2. The third-order valence-corrected chi connectivity index (χ3v) is 5.57. The molecular formula is C29H27N3O5. The van der Waals surface area contributed by atoms with Crippen LogP contribution in [0.25, 0.3) is 10.8 Å². The maximum atomic E-state index is 12.7. The third-order valence-electron chi connectivity index (χ3n) is 5.57. The maximum Gasteiger partial charge on any atom is 0.275 e. The predicted molar refractivity (Wildman–Crippen MR) is 144 cm³/mol. The van der Waals surface area contributed by atoms with E-state index in [-0.39, 0.29) is 12.5 Å². The first-order valence-corrected chi connectivity index (χ1v) is 11.5. The van der Waals surface area contributed by atoms with Gasteiger partial charge in [0.25, 0.3) is 11.8 Å². The van der Waals surface area contributed by atoms with Gasteiger partial charge in [-0.3, -0.25) is 9.59 Å². The highest BCUT2D eigenvalue weighted by molar-refractivity contribution is 6.02. The summed E-state index contributed by atoms with van der Waals surface area (Å²) in [5.74, 6) is 0.605. The zero-order valence-corrected chi connectivity index (χ0v) is 20.8. The number of amides is 2. The number of hydrazone groups is 1. The molecule has 0 aliphatic carbocycles. The molecule has 0 aliphatic heterocycles. The molecule has 0 aliphatic rings. The number of methoxy groups -OCH3 is 2. The molecule has 2 amide bonds. The van der Waals surface area contributed by atoms with Crippen LogP contribution in [0.2, 0.25) is 0 Å². The lowest BCUT2D eigenvalue weighted by Crippen LogP contribution is -2.20. The molecule has 0 unspecified atom stereocenters. The molecule has 0 spiro atoms. The summed E-state index contributed by atoms with van der Waals surface area (Å²) in [5.41, 5.74) is 5.38. The van der Waals surface area contributed by atoms with Crippen LogP contribution >= 0.6 is 0 Å². The summed E-state index contributed by atoms with van der Waals surface area (Å²) >= 11 is 0. The van der Waals surface area contributed by atoms with Crippen molar-refractivity contribution >= 4 is 34.5 Å². The van der Waals surface area contributed by atoms with Gasteiger partial charge in [0.1, 0.15) is 5.75 Å². The Bertz CT molecular complexity index is 1450. The van der Waals surface area contributed by atoms with Gasteiger partial charge in [-0.1, -0.05) is 42.0 Å². The number of benzene rings is 4. The second-order valence-electron chi connectivity index (χ2n) is 8.21. The molecular weight excluding hydrogens is 470 g/mol. The van der Waals surface area contributed by atoms with Crippen LogP contribution in [-0.2, 0) is 4.79 Å². The van der Waals surface area contributed by atoms with Crippen molar-refractivity contribution in [2.75, 3.05) is 26.1 Å². The Hall–Kier alpha value is -4.85. The van der Waals surface area contributed by atoms with Gasteiger partial charge < -0.3 is 19.5 Å². The van der Waals surface area contributed by atoms with E-state index in [2.05, 4.69) is 15.8 Å². The first-order valence-electron chi connectivity index (χ1n) is 11.5. The number of hydrogen-bond acceptors (Lipinski definition) is 6. The SMILES string of the molecule is COc1cc(C=NNC(=O)c2cc3ccccc3cc2OC)ccc1OCC(=O)Nc1ccc(C)cc1. The van der Waals surface area contributed by atoms with Gasteiger partial charge in [0, 0.05) is 5.69 Å². The number of carbonyl (C=O) groups is 2. The molecule has 188 valence electrons. The number of ether oxygens (including phenoxy) is 3. The maximum absolute atomic E-state index is 12.7. The molecule has 2 N–H and O–H groups in total. The van der Waals surface area contributed by atoms with E-state index >= 15 is 0 Å². The number of anilines is 1. The van der Waals surface area contributed by atoms with Gasteiger partial charge in [0.05, 0.1) is 26.0 Å². The Balaban J connectivity index is 1.38. The Labute approximate surface area is 214 Å². The highest BCUT2D eigenvalue weighted by atomic mass is 16.5. The quantitative estimate of drug-likeness (QED) is 0.252. The second kappa shape index (κ2) is 11.7. The number of nitrogens with one attached hydrogen (secondary N) is 2. The average molecular weight is 498 g/mol. The molecule has 0 saturated carbocycles. The summed E-state index contributed by atoms with van der Waals surface area (Å²) in [7, 11) is 3.02.